The number of amidine groups is 1. The van der Waals surface area contributed by atoms with Crippen LogP contribution in [-0.4, -0.2) is 34.3 Å². The van der Waals surface area contributed by atoms with E-state index in [4.69, 9.17) is 20.8 Å². The van der Waals surface area contributed by atoms with E-state index in [1.54, 1.807) is 0 Å². The number of nitro benzene ring substituents is 1. The fraction of sp³-hybridized carbons (Fsp3) is 0.222. The summed E-state index contributed by atoms with van der Waals surface area (Å²) in [5.74, 6) is -0.110. The van der Waals surface area contributed by atoms with Crippen molar-refractivity contribution in [2.75, 3.05) is 13.2 Å². The van der Waals surface area contributed by atoms with Gasteiger partial charge in [0, 0.05) is 12.1 Å². The quantitative estimate of drug-likeness (QED) is 0.219. The first-order valence-electron chi connectivity index (χ1n) is 4.60. The van der Waals surface area contributed by atoms with E-state index < -0.39 is 4.92 Å². The number of nitrogens with zero attached hydrogens (tertiary/aromatic N) is 2. The molecule has 0 aromatic heterocycles. The Hall–Kier alpha value is -2.35. The normalized spacial score (nSPS) is 11.2. The molecule has 92 valence electrons. The number of aliphatic hydroxyl groups is 1. The number of rotatable bonds is 5. The second kappa shape index (κ2) is 5.66. The number of hydrogen-bond acceptors (Lipinski definition) is 6. The van der Waals surface area contributed by atoms with Crippen LogP contribution >= 0.6 is 0 Å². The van der Waals surface area contributed by atoms with Crippen molar-refractivity contribution in [2.24, 2.45) is 10.9 Å². The third-order valence-corrected chi connectivity index (χ3v) is 1.91. The van der Waals surface area contributed by atoms with Gasteiger partial charge in [-0.3, -0.25) is 10.1 Å². The molecule has 17 heavy (non-hydrogen) atoms. The van der Waals surface area contributed by atoms with Gasteiger partial charge in [0.15, 0.2) is 5.84 Å². The Morgan fingerprint density at radius 1 is 1.59 bits per heavy atom. The van der Waals surface area contributed by atoms with Crippen molar-refractivity contribution in [3.8, 4) is 5.75 Å². The predicted molar refractivity (Wildman–Crippen MR) is 58.2 cm³/mol. The fourth-order valence-electron chi connectivity index (χ4n) is 1.17. The lowest BCUT2D eigenvalue weighted by molar-refractivity contribution is -0.384. The number of oxime groups is 1. The Bertz CT molecular complexity index is 446. The highest BCUT2D eigenvalue weighted by Gasteiger charge is 2.14. The van der Waals surface area contributed by atoms with Crippen LogP contribution < -0.4 is 10.5 Å². The molecule has 0 unspecified atom stereocenters. The van der Waals surface area contributed by atoms with Gasteiger partial charge in [-0.25, -0.2) is 0 Å². The molecule has 1 aromatic rings. The molecule has 0 atom stereocenters. The average molecular weight is 241 g/mol. The molecular formula is C9H11N3O5. The first-order valence-corrected chi connectivity index (χ1v) is 4.60. The van der Waals surface area contributed by atoms with E-state index in [1.165, 1.54) is 12.1 Å². The maximum Gasteiger partial charge on any atom is 0.270 e. The standard InChI is InChI=1S/C9H11N3O5/c10-9(11-14)7-5-6(12(15)16)1-2-8(7)17-4-3-13/h1-2,5,13-14H,3-4H2,(H2,10,11). The van der Waals surface area contributed by atoms with Gasteiger partial charge in [-0.2, -0.15) is 0 Å². The van der Waals surface area contributed by atoms with Gasteiger partial charge in [0.2, 0.25) is 0 Å². The van der Waals surface area contributed by atoms with E-state index in [0.717, 1.165) is 6.07 Å². The molecule has 0 fully saturated rings. The molecule has 0 bridgehead atoms. The molecular weight excluding hydrogens is 230 g/mol. The van der Waals surface area contributed by atoms with Gasteiger partial charge in [-0.1, -0.05) is 5.16 Å². The van der Waals surface area contributed by atoms with Crippen molar-refractivity contribution in [3.63, 3.8) is 0 Å². The smallest absolute Gasteiger partial charge is 0.270 e. The summed E-state index contributed by atoms with van der Waals surface area (Å²) in [5.41, 5.74) is 5.26. The van der Waals surface area contributed by atoms with Crippen molar-refractivity contribution >= 4 is 11.5 Å². The zero-order chi connectivity index (χ0) is 12.8. The summed E-state index contributed by atoms with van der Waals surface area (Å²) in [6.45, 7) is -0.212. The minimum Gasteiger partial charge on any atom is -0.490 e. The van der Waals surface area contributed by atoms with E-state index in [1.807, 2.05) is 0 Å². The number of nitro groups is 1. The molecule has 8 nitrogen and oxygen atoms in total. The molecule has 0 spiro atoms. The van der Waals surface area contributed by atoms with E-state index in [0.29, 0.717) is 0 Å². The fourth-order valence-corrected chi connectivity index (χ4v) is 1.17. The van der Waals surface area contributed by atoms with Gasteiger partial charge < -0.3 is 20.8 Å². The van der Waals surface area contributed by atoms with Crippen LogP contribution in [0.1, 0.15) is 5.56 Å². The summed E-state index contributed by atoms with van der Waals surface area (Å²) in [7, 11) is 0. The molecule has 1 aromatic carbocycles. The topological polar surface area (TPSA) is 131 Å². The zero-order valence-electron chi connectivity index (χ0n) is 8.74. The van der Waals surface area contributed by atoms with Gasteiger partial charge in [0.25, 0.3) is 5.69 Å². The number of ether oxygens (including phenoxy) is 1. The van der Waals surface area contributed by atoms with Crippen molar-refractivity contribution in [1.29, 1.82) is 0 Å². The minimum absolute atomic E-state index is 0.00349. The molecule has 0 amide bonds. The Balaban J connectivity index is 3.17. The zero-order valence-corrected chi connectivity index (χ0v) is 8.74. The van der Waals surface area contributed by atoms with Crippen molar-refractivity contribution in [1.82, 2.24) is 0 Å². The Morgan fingerprint density at radius 3 is 2.82 bits per heavy atom. The molecule has 0 aliphatic heterocycles. The van der Waals surface area contributed by atoms with E-state index in [9.17, 15) is 10.1 Å². The lowest BCUT2D eigenvalue weighted by Crippen LogP contribution is -2.16. The van der Waals surface area contributed by atoms with Crippen LogP contribution in [0.5, 0.6) is 5.75 Å². The average Bonchev–Trinajstić information content (AvgIpc) is 2.35. The Morgan fingerprint density at radius 2 is 2.29 bits per heavy atom. The molecule has 0 saturated heterocycles. The minimum atomic E-state index is -0.607. The highest BCUT2D eigenvalue weighted by atomic mass is 16.6. The number of nitrogens with two attached hydrogens (primary N) is 1. The number of aliphatic hydroxyl groups excluding tert-OH is 1. The molecule has 0 saturated carbocycles. The molecule has 4 N–H and O–H groups in total. The Kier molecular flexibility index (Phi) is 4.23. The molecule has 8 heteroatoms. The van der Waals surface area contributed by atoms with Gasteiger partial charge in [-0.15, -0.1) is 0 Å². The third-order valence-electron chi connectivity index (χ3n) is 1.91. The van der Waals surface area contributed by atoms with Gasteiger partial charge in [-0.05, 0) is 6.07 Å². The summed E-state index contributed by atoms with van der Waals surface area (Å²) < 4.78 is 5.10. The largest absolute Gasteiger partial charge is 0.490 e. The van der Waals surface area contributed by atoms with Crippen LogP contribution in [0.2, 0.25) is 0 Å². The molecule has 0 heterocycles. The number of non-ortho nitro benzene ring substituents is 1. The molecule has 0 aliphatic rings. The second-order valence-corrected chi connectivity index (χ2v) is 2.99. The first-order chi connectivity index (χ1) is 8.10. The van der Waals surface area contributed by atoms with Crippen molar-refractivity contribution < 1.29 is 20.0 Å². The summed E-state index contributed by atoms with van der Waals surface area (Å²) >= 11 is 0. The SMILES string of the molecule is NC(=NO)c1cc([N+](=O)[O-])ccc1OCCO. The summed E-state index contributed by atoms with van der Waals surface area (Å²) in [4.78, 5) is 9.96. The highest BCUT2D eigenvalue weighted by molar-refractivity contribution is 6.00. The van der Waals surface area contributed by atoms with Gasteiger partial charge in [0.1, 0.15) is 12.4 Å². The summed E-state index contributed by atoms with van der Waals surface area (Å²) in [5, 5.41) is 30.5. The van der Waals surface area contributed by atoms with Crippen LogP contribution in [0.3, 0.4) is 0 Å². The Labute approximate surface area is 96.1 Å². The van der Waals surface area contributed by atoms with Gasteiger partial charge in [0.05, 0.1) is 17.1 Å². The van der Waals surface area contributed by atoms with Crippen molar-refractivity contribution in [2.45, 2.75) is 0 Å². The van der Waals surface area contributed by atoms with Gasteiger partial charge >= 0.3 is 0 Å². The van der Waals surface area contributed by atoms with Crippen LogP contribution in [0.4, 0.5) is 5.69 Å². The molecule has 0 aliphatic carbocycles. The van der Waals surface area contributed by atoms with Crippen LogP contribution in [0.25, 0.3) is 0 Å². The molecule has 1 rings (SSSR count). The highest BCUT2D eigenvalue weighted by Crippen LogP contribution is 2.24. The van der Waals surface area contributed by atoms with E-state index in [2.05, 4.69) is 5.16 Å². The van der Waals surface area contributed by atoms with E-state index in [-0.39, 0.29) is 36.0 Å². The van der Waals surface area contributed by atoms with E-state index >= 15 is 0 Å². The summed E-state index contributed by atoms with van der Waals surface area (Å²) in [6, 6.07) is 3.67. The molecule has 0 radical (unpaired) electrons. The second-order valence-electron chi connectivity index (χ2n) is 2.99. The number of benzene rings is 1. The lowest BCUT2D eigenvalue weighted by atomic mass is 10.1. The monoisotopic (exact) mass is 241 g/mol. The maximum absolute atomic E-state index is 10.6. The third kappa shape index (κ3) is 3.05. The van der Waals surface area contributed by atoms with Crippen LogP contribution in [0.15, 0.2) is 23.4 Å². The number of hydrogen-bond donors (Lipinski definition) is 3. The van der Waals surface area contributed by atoms with Crippen molar-refractivity contribution in [3.05, 3.63) is 33.9 Å². The predicted octanol–water partition coefficient (Wildman–Crippen LogP) is 0.0604. The summed E-state index contributed by atoms with van der Waals surface area (Å²) in [6.07, 6.45) is 0. The lowest BCUT2D eigenvalue weighted by Gasteiger charge is -2.09. The maximum atomic E-state index is 10.6. The van der Waals surface area contributed by atoms with Crippen LogP contribution in [-0.2, 0) is 0 Å². The first kappa shape index (κ1) is 12.7. The van der Waals surface area contributed by atoms with Crippen LogP contribution in [0, 0.1) is 10.1 Å².